The topological polar surface area (TPSA) is 98.6 Å². The highest BCUT2D eigenvalue weighted by Crippen LogP contribution is 2.40. The number of carbonyl (C=O) groups excluding carboxylic acids is 2. The molecule has 1 heterocycles. The van der Waals surface area contributed by atoms with Crippen molar-refractivity contribution < 1.29 is 23.5 Å². The van der Waals surface area contributed by atoms with Gasteiger partial charge >= 0.3 is 0 Å². The number of aromatic nitrogens is 3. The maximum atomic E-state index is 15.4. The van der Waals surface area contributed by atoms with Gasteiger partial charge in [-0.3, -0.25) is 14.5 Å². The maximum absolute atomic E-state index is 15.4. The number of rotatable bonds is 9. The van der Waals surface area contributed by atoms with Crippen LogP contribution in [-0.4, -0.2) is 47.1 Å². The molecule has 1 aliphatic carbocycles. The highest BCUT2D eigenvalue weighted by Gasteiger charge is 2.38. The number of para-hydroxylation sites is 3. The number of nitrogens with one attached hydrogen (secondary N) is 1. The molecule has 40 heavy (non-hydrogen) atoms. The number of ether oxygens (including phenoxy) is 2. The number of carbonyl (C=O) groups is 2. The number of nitrogens with zero attached hydrogens (tertiary/aromatic N) is 4. The van der Waals surface area contributed by atoms with Crippen molar-refractivity contribution in [3.8, 4) is 11.5 Å². The minimum absolute atomic E-state index is 0.0365. The lowest BCUT2D eigenvalue weighted by Crippen LogP contribution is -2.48. The number of benzene rings is 3. The summed E-state index contributed by atoms with van der Waals surface area (Å²) < 4.78 is 28.1. The van der Waals surface area contributed by atoms with Crippen molar-refractivity contribution in [1.29, 1.82) is 0 Å². The molecule has 1 unspecified atom stereocenters. The van der Waals surface area contributed by atoms with Gasteiger partial charge in [0.05, 0.1) is 25.4 Å². The molecule has 1 fully saturated rings. The Labute approximate surface area is 231 Å². The van der Waals surface area contributed by atoms with E-state index in [1.165, 1.54) is 42.0 Å². The average molecular weight is 546 g/mol. The summed E-state index contributed by atoms with van der Waals surface area (Å²) in [5, 5.41) is 11.4. The second-order valence-corrected chi connectivity index (χ2v) is 9.78. The zero-order valence-corrected chi connectivity index (χ0v) is 22.5. The standard InChI is InChI=1S/C30H32FN5O4/c1-39-26-18-10-13-21(29(26)40-2)28(30(38)32-20-11-4-3-5-12-20)36(24-16-8-6-14-22(24)31)27(37)19-35-25-17-9-7-15-23(25)33-34-35/h6-10,13-18,20,28H,3-5,11-12,19H2,1-2H3,(H,32,38). The Morgan fingerprint density at radius 3 is 2.50 bits per heavy atom. The molecule has 3 aromatic carbocycles. The third-order valence-corrected chi connectivity index (χ3v) is 7.27. The number of anilines is 1. The number of halogens is 1. The van der Waals surface area contributed by atoms with E-state index in [4.69, 9.17) is 9.47 Å². The van der Waals surface area contributed by atoms with Crippen LogP contribution in [0.25, 0.3) is 11.0 Å². The first-order valence-electron chi connectivity index (χ1n) is 13.4. The van der Waals surface area contributed by atoms with Crippen molar-refractivity contribution in [3.63, 3.8) is 0 Å². The lowest BCUT2D eigenvalue weighted by atomic mass is 9.94. The van der Waals surface area contributed by atoms with Crippen molar-refractivity contribution in [2.45, 2.75) is 50.7 Å². The normalized spacial score (nSPS) is 14.5. The van der Waals surface area contributed by atoms with E-state index in [-0.39, 0.29) is 24.0 Å². The van der Waals surface area contributed by atoms with Crippen LogP contribution in [0.5, 0.6) is 11.5 Å². The minimum Gasteiger partial charge on any atom is -0.493 e. The van der Waals surface area contributed by atoms with E-state index in [0.717, 1.165) is 32.1 Å². The van der Waals surface area contributed by atoms with Gasteiger partial charge in [0.2, 0.25) is 11.8 Å². The fraction of sp³-hybridized carbons (Fsp3) is 0.333. The van der Waals surface area contributed by atoms with Crippen LogP contribution in [0.15, 0.2) is 66.7 Å². The monoisotopic (exact) mass is 545 g/mol. The Balaban J connectivity index is 1.64. The van der Waals surface area contributed by atoms with E-state index >= 15 is 4.39 Å². The Hall–Kier alpha value is -4.47. The summed E-state index contributed by atoms with van der Waals surface area (Å²) in [6, 6.07) is 17.0. The number of amides is 2. The van der Waals surface area contributed by atoms with Crippen LogP contribution in [-0.2, 0) is 16.1 Å². The van der Waals surface area contributed by atoms with E-state index in [0.29, 0.717) is 22.3 Å². The SMILES string of the molecule is COc1cccc(C(C(=O)NC2CCCCC2)N(C(=O)Cn2nnc3ccccc32)c2ccccc2F)c1OC. The fourth-order valence-electron chi connectivity index (χ4n) is 5.35. The lowest BCUT2D eigenvalue weighted by Gasteiger charge is -2.34. The van der Waals surface area contributed by atoms with Crippen molar-refractivity contribution in [2.24, 2.45) is 0 Å². The molecule has 1 N–H and O–H groups in total. The highest BCUT2D eigenvalue weighted by atomic mass is 19.1. The van der Waals surface area contributed by atoms with E-state index in [9.17, 15) is 9.59 Å². The van der Waals surface area contributed by atoms with E-state index in [1.807, 2.05) is 12.1 Å². The summed E-state index contributed by atoms with van der Waals surface area (Å²) in [5.74, 6) is -0.947. The van der Waals surface area contributed by atoms with Crippen molar-refractivity contribution in [2.75, 3.05) is 19.1 Å². The van der Waals surface area contributed by atoms with Gasteiger partial charge in [0.15, 0.2) is 11.5 Å². The van der Waals surface area contributed by atoms with Crippen LogP contribution >= 0.6 is 0 Å². The summed E-state index contributed by atoms with van der Waals surface area (Å²) in [7, 11) is 2.96. The van der Waals surface area contributed by atoms with Gasteiger partial charge in [-0.2, -0.15) is 0 Å². The smallest absolute Gasteiger partial charge is 0.249 e. The number of methoxy groups -OCH3 is 2. The van der Waals surface area contributed by atoms with Crippen LogP contribution in [0, 0.1) is 5.82 Å². The first kappa shape index (κ1) is 27.1. The minimum atomic E-state index is -1.26. The lowest BCUT2D eigenvalue weighted by molar-refractivity contribution is -0.127. The fourth-order valence-corrected chi connectivity index (χ4v) is 5.35. The Bertz CT molecular complexity index is 1500. The zero-order valence-electron chi connectivity index (χ0n) is 22.5. The maximum Gasteiger partial charge on any atom is 0.249 e. The van der Waals surface area contributed by atoms with E-state index in [1.54, 1.807) is 36.4 Å². The Morgan fingerprint density at radius 1 is 1.00 bits per heavy atom. The van der Waals surface area contributed by atoms with Crippen LogP contribution < -0.4 is 19.7 Å². The predicted octanol–water partition coefficient (Wildman–Crippen LogP) is 4.81. The molecule has 0 aliphatic heterocycles. The molecule has 4 aromatic rings. The molecular formula is C30H32FN5O4. The quantitative estimate of drug-likeness (QED) is 0.324. The van der Waals surface area contributed by atoms with Gasteiger partial charge in [-0.15, -0.1) is 5.10 Å². The number of hydrogen-bond acceptors (Lipinski definition) is 6. The summed E-state index contributed by atoms with van der Waals surface area (Å²) in [6.45, 7) is -0.270. The molecule has 10 heteroatoms. The summed E-state index contributed by atoms with van der Waals surface area (Å²) in [5.41, 5.74) is 1.60. The van der Waals surface area contributed by atoms with Crippen molar-refractivity contribution in [1.82, 2.24) is 20.3 Å². The van der Waals surface area contributed by atoms with Crippen LogP contribution in [0.1, 0.15) is 43.7 Å². The summed E-state index contributed by atoms with van der Waals surface area (Å²) >= 11 is 0. The molecule has 1 aromatic heterocycles. The molecule has 0 spiro atoms. The summed E-state index contributed by atoms with van der Waals surface area (Å²) in [6.07, 6.45) is 4.81. The van der Waals surface area contributed by atoms with Crippen LogP contribution in [0.2, 0.25) is 0 Å². The Morgan fingerprint density at radius 2 is 1.75 bits per heavy atom. The van der Waals surface area contributed by atoms with Crippen LogP contribution in [0.3, 0.4) is 0 Å². The highest BCUT2D eigenvalue weighted by molar-refractivity contribution is 6.02. The third kappa shape index (κ3) is 5.47. The molecule has 1 saturated carbocycles. The molecule has 0 radical (unpaired) electrons. The van der Waals surface area contributed by atoms with Crippen molar-refractivity contribution >= 4 is 28.5 Å². The van der Waals surface area contributed by atoms with Crippen molar-refractivity contribution in [3.05, 3.63) is 78.1 Å². The van der Waals surface area contributed by atoms with Gasteiger partial charge in [-0.25, -0.2) is 9.07 Å². The first-order chi connectivity index (χ1) is 19.5. The van der Waals surface area contributed by atoms with E-state index < -0.39 is 23.7 Å². The van der Waals surface area contributed by atoms with Gasteiger partial charge in [-0.1, -0.05) is 60.9 Å². The second kappa shape index (κ2) is 12.1. The van der Waals surface area contributed by atoms with Gasteiger partial charge in [0.1, 0.15) is 23.9 Å². The molecule has 1 aliphatic rings. The first-order valence-corrected chi connectivity index (χ1v) is 13.4. The molecule has 0 saturated heterocycles. The third-order valence-electron chi connectivity index (χ3n) is 7.27. The Kier molecular flexibility index (Phi) is 8.23. The van der Waals surface area contributed by atoms with Crippen LogP contribution in [0.4, 0.5) is 10.1 Å². The summed E-state index contributed by atoms with van der Waals surface area (Å²) in [4.78, 5) is 29.6. The predicted molar refractivity (Wildman–Crippen MR) is 149 cm³/mol. The van der Waals surface area contributed by atoms with Gasteiger partial charge in [0.25, 0.3) is 0 Å². The van der Waals surface area contributed by atoms with Gasteiger partial charge in [0, 0.05) is 11.6 Å². The van der Waals surface area contributed by atoms with Gasteiger partial charge in [-0.05, 0) is 43.2 Å². The molecular weight excluding hydrogens is 513 g/mol. The second-order valence-electron chi connectivity index (χ2n) is 9.78. The van der Waals surface area contributed by atoms with E-state index in [2.05, 4.69) is 15.6 Å². The molecule has 1 atom stereocenters. The molecule has 208 valence electrons. The molecule has 5 rings (SSSR count). The average Bonchev–Trinajstić information content (AvgIpc) is 3.39. The number of hydrogen-bond donors (Lipinski definition) is 1. The molecule has 9 nitrogen and oxygen atoms in total. The molecule has 2 amide bonds. The molecule has 0 bridgehead atoms. The largest absolute Gasteiger partial charge is 0.493 e. The number of fused-ring (bicyclic) bond motifs is 1. The zero-order chi connectivity index (χ0) is 28.1. The van der Waals surface area contributed by atoms with Gasteiger partial charge < -0.3 is 14.8 Å².